The van der Waals surface area contributed by atoms with Crippen molar-refractivity contribution < 1.29 is 9.18 Å². The summed E-state index contributed by atoms with van der Waals surface area (Å²) in [5.41, 5.74) is 0.805. The first kappa shape index (κ1) is 9.67. The van der Waals surface area contributed by atoms with Gasteiger partial charge in [0.1, 0.15) is 5.82 Å². The Morgan fingerprint density at radius 2 is 2.00 bits per heavy atom. The number of hydrogen-bond donors (Lipinski definition) is 1. The molecule has 0 aliphatic rings. The van der Waals surface area contributed by atoms with Gasteiger partial charge in [0.05, 0.1) is 6.54 Å². The lowest BCUT2D eigenvalue weighted by molar-refractivity contribution is -0.129. The molecule has 70 valence electrons. The first-order chi connectivity index (χ1) is 6.09. The number of carbonyl (C=O) groups excluding carboxylic acids is 1. The Labute approximate surface area is 75.9 Å². The summed E-state index contributed by atoms with van der Waals surface area (Å²) in [4.78, 5) is 10.7. The SMILES string of the molecule is CC(=O)N(N)Cc1ccc(F)cc1. The summed E-state index contributed by atoms with van der Waals surface area (Å²) in [6, 6.07) is 5.86. The molecule has 0 aliphatic heterocycles. The fraction of sp³-hybridized carbons (Fsp3) is 0.222. The molecule has 0 aromatic heterocycles. The van der Waals surface area contributed by atoms with E-state index >= 15 is 0 Å². The maximum atomic E-state index is 12.5. The fourth-order valence-electron chi connectivity index (χ4n) is 0.898. The monoisotopic (exact) mass is 182 g/mol. The minimum Gasteiger partial charge on any atom is -0.276 e. The average molecular weight is 182 g/mol. The Bertz CT molecular complexity index is 297. The van der Waals surface area contributed by atoms with Crippen molar-refractivity contribution in [1.29, 1.82) is 0 Å². The minimum absolute atomic E-state index is 0.218. The summed E-state index contributed by atoms with van der Waals surface area (Å²) in [6.07, 6.45) is 0. The van der Waals surface area contributed by atoms with Crippen LogP contribution in [0.4, 0.5) is 4.39 Å². The molecule has 1 amide bonds. The molecule has 1 rings (SSSR count). The van der Waals surface area contributed by atoms with E-state index < -0.39 is 0 Å². The Hall–Kier alpha value is -1.42. The van der Waals surface area contributed by atoms with Crippen LogP contribution in [0.5, 0.6) is 0 Å². The standard InChI is InChI=1S/C9H11FN2O/c1-7(13)12(11)6-8-2-4-9(10)5-3-8/h2-5H,6,11H2,1H3. The Morgan fingerprint density at radius 3 is 2.46 bits per heavy atom. The molecule has 0 saturated heterocycles. The summed E-state index contributed by atoms with van der Waals surface area (Å²) in [5, 5.41) is 1.08. The Balaban J connectivity index is 2.64. The van der Waals surface area contributed by atoms with Crippen LogP contribution in [-0.2, 0) is 11.3 Å². The van der Waals surface area contributed by atoms with Crippen LogP contribution in [0.1, 0.15) is 12.5 Å². The zero-order valence-electron chi connectivity index (χ0n) is 7.33. The van der Waals surface area contributed by atoms with E-state index in [0.29, 0.717) is 6.54 Å². The number of carbonyl (C=O) groups is 1. The molecule has 13 heavy (non-hydrogen) atoms. The molecule has 1 aromatic carbocycles. The summed E-state index contributed by atoms with van der Waals surface area (Å²) in [6.45, 7) is 1.68. The Morgan fingerprint density at radius 1 is 1.46 bits per heavy atom. The highest BCUT2D eigenvalue weighted by atomic mass is 19.1. The van der Waals surface area contributed by atoms with Crippen LogP contribution in [0.2, 0.25) is 0 Å². The summed E-state index contributed by atoms with van der Waals surface area (Å²) in [7, 11) is 0. The lowest BCUT2D eigenvalue weighted by atomic mass is 10.2. The van der Waals surface area contributed by atoms with Crippen LogP contribution >= 0.6 is 0 Å². The molecule has 0 radical (unpaired) electrons. The molecule has 0 spiro atoms. The number of nitrogens with two attached hydrogens (primary N) is 1. The minimum atomic E-state index is -0.296. The number of benzene rings is 1. The highest BCUT2D eigenvalue weighted by molar-refractivity contribution is 5.72. The van der Waals surface area contributed by atoms with Gasteiger partial charge >= 0.3 is 0 Å². The second kappa shape index (κ2) is 4.00. The van der Waals surface area contributed by atoms with Gasteiger partial charge in [-0.2, -0.15) is 0 Å². The highest BCUT2D eigenvalue weighted by Gasteiger charge is 2.03. The van der Waals surface area contributed by atoms with Gasteiger partial charge < -0.3 is 0 Å². The van der Waals surface area contributed by atoms with Crippen molar-refractivity contribution in [2.45, 2.75) is 13.5 Å². The molecule has 0 atom stereocenters. The summed E-state index contributed by atoms with van der Waals surface area (Å²) < 4.78 is 12.5. The van der Waals surface area contributed by atoms with Crippen molar-refractivity contribution in [2.24, 2.45) is 5.84 Å². The van der Waals surface area contributed by atoms with Gasteiger partial charge in [-0.25, -0.2) is 10.2 Å². The van der Waals surface area contributed by atoms with Crippen molar-refractivity contribution in [3.05, 3.63) is 35.6 Å². The van der Waals surface area contributed by atoms with Crippen LogP contribution in [0.15, 0.2) is 24.3 Å². The highest BCUT2D eigenvalue weighted by Crippen LogP contribution is 2.04. The van der Waals surface area contributed by atoms with Crippen LogP contribution < -0.4 is 5.84 Å². The molecule has 0 saturated carbocycles. The number of rotatable bonds is 2. The molecule has 1 aromatic rings. The number of hydrogen-bond acceptors (Lipinski definition) is 2. The van der Waals surface area contributed by atoms with Crippen LogP contribution in [0, 0.1) is 5.82 Å². The van der Waals surface area contributed by atoms with E-state index in [4.69, 9.17) is 5.84 Å². The molecule has 0 heterocycles. The van der Waals surface area contributed by atoms with Gasteiger partial charge in [-0.3, -0.25) is 9.80 Å². The number of amides is 1. The number of halogens is 1. The lowest BCUT2D eigenvalue weighted by Crippen LogP contribution is -2.34. The smallest absolute Gasteiger partial charge is 0.233 e. The molecule has 0 fully saturated rings. The van der Waals surface area contributed by atoms with E-state index in [1.54, 1.807) is 12.1 Å². The molecule has 0 bridgehead atoms. The Kier molecular flexibility index (Phi) is 2.97. The molecule has 4 heteroatoms. The molecule has 0 unspecified atom stereocenters. The second-order valence-corrected chi connectivity index (χ2v) is 2.77. The van der Waals surface area contributed by atoms with Crippen molar-refractivity contribution in [3.8, 4) is 0 Å². The third-order valence-electron chi connectivity index (χ3n) is 1.67. The van der Waals surface area contributed by atoms with Gasteiger partial charge in [0.15, 0.2) is 0 Å². The molecule has 2 N–H and O–H groups in total. The van der Waals surface area contributed by atoms with Gasteiger partial charge in [0.25, 0.3) is 0 Å². The van der Waals surface area contributed by atoms with Gasteiger partial charge in [0, 0.05) is 6.92 Å². The molecule has 3 nitrogen and oxygen atoms in total. The maximum Gasteiger partial charge on any atom is 0.233 e. The molecular weight excluding hydrogens is 171 g/mol. The van der Waals surface area contributed by atoms with E-state index in [0.717, 1.165) is 10.6 Å². The van der Waals surface area contributed by atoms with Gasteiger partial charge in [-0.05, 0) is 17.7 Å². The normalized spacial score (nSPS) is 9.77. The van der Waals surface area contributed by atoms with Crippen LogP contribution in [-0.4, -0.2) is 10.9 Å². The maximum absolute atomic E-state index is 12.5. The zero-order valence-corrected chi connectivity index (χ0v) is 7.33. The van der Waals surface area contributed by atoms with E-state index in [1.165, 1.54) is 19.1 Å². The van der Waals surface area contributed by atoms with Crippen LogP contribution in [0.3, 0.4) is 0 Å². The first-order valence-electron chi connectivity index (χ1n) is 3.87. The van der Waals surface area contributed by atoms with Gasteiger partial charge in [-0.15, -0.1) is 0 Å². The second-order valence-electron chi connectivity index (χ2n) is 2.77. The average Bonchev–Trinajstić information content (AvgIpc) is 2.08. The summed E-state index contributed by atoms with van der Waals surface area (Å²) >= 11 is 0. The predicted molar refractivity (Wildman–Crippen MR) is 46.8 cm³/mol. The molecular formula is C9H11FN2O. The van der Waals surface area contributed by atoms with Crippen molar-refractivity contribution in [2.75, 3.05) is 0 Å². The van der Waals surface area contributed by atoms with Crippen molar-refractivity contribution in [3.63, 3.8) is 0 Å². The largest absolute Gasteiger partial charge is 0.276 e. The van der Waals surface area contributed by atoms with E-state index in [1.807, 2.05) is 0 Å². The molecule has 0 aliphatic carbocycles. The van der Waals surface area contributed by atoms with E-state index in [2.05, 4.69) is 0 Å². The topological polar surface area (TPSA) is 46.3 Å². The van der Waals surface area contributed by atoms with E-state index in [9.17, 15) is 9.18 Å². The zero-order chi connectivity index (χ0) is 9.84. The first-order valence-corrected chi connectivity index (χ1v) is 3.87. The van der Waals surface area contributed by atoms with E-state index in [-0.39, 0.29) is 11.7 Å². The quantitative estimate of drug-likeness (QED) is 0.422. The van der Waals surface area contributed by atoms with Crippen LogP contribution in [0.25, 0.3) is 0 Å². The number of hydrazine groups is 1. The van der Waals surface area contributed by atoms with Gasteiger partial charge in [-0.1, -0.05) is 12.1 Å². The van der Waals surface area contributed by atoms with Crippen molar-refractivity contribution in [1.82, 2.24) is 5.01 Å². The lowest BCUT2D eigenvalue weighted by Gasteiger charge is -2.13. The van der Waals surface area contributed by atoms with Gasteiger partial charge in [0.2, 0.25) is 5.91 Å². The summed E-state index contributed by atoms with van der Waals surface area (Å²) in [5.74, 6) is 4.86. The van der Waals surface area contributed by atoms with Crippen molar-refractivity contribution >= 4 is 5.91 Å². The number of nitrogens with zero attached hydrogens (tertiary/aromatic N) is 1. The third-order valence-corrected chi connectivity index (χ3v) is 1.67. The third kappa shape index (κ3) is 2.83. The predicted octanol–water partition coefficient (Wildman–Crippen LogP) is 1.05. The fourth-order valence-corrected chi connectivity index (χ4v) is 0.898.